The number of piperazine rings is 1. The molecule has 11 heteroatoms. The van der Waals surface area contributed by atoms with Crippen LogP contribution in [0.4, 0.5) is 11.4 Å². The Bertz CT molecular complexity index is 1690. The molecule has 1 fully saturated rings. The maximum Gasteiger partial charge on any atom is 0.222 e. The zero-order valence-electron chi connectivity index (χ0n) is 29.2. The molecule has 5 rings (SSSR count). The van der Waals surface area contributed by atoms with Crippen LogP contribution in [-0.4, -0.2) is 77.9 Å². The maximum atomic E-state index is 13.5. The Labute approximate surface area is 288 Å². The first kappa shape index (κ1) is 35.4. The number of carbonyl (C=O) groups excluding carboxylic acids is 2. The highest BCUT2D eigenvalue weighted by Crippen LogP contribution is 2.50. The van der Waals surface area contributed by atoms with E-state index in [0.29, 0.717) is 61.8 Å². The van der Waals surface area contributed by atoms with Crippen LogP contribution < -0.4 is 39.9 Å². The first-order valence-corrected chi connectivity index (χ1v) is 17.0. The van der Waals surface area contributed by atoms with Crippen LogP contribution in [0.25, 0.3) is 11.1 Å². The molecule has 1 saturated heterocycles. The molecule has 1 aliphatic heterocycles. The molecule has 1 unspecified atom stereocenters. The Morgan fingerprint density at radius 1 is 0.837 bits per heavy atom. The number of nitrogens with zero attached hydrogens (tertiary/aromatic N) is 2. The van der Waals surface area contributed by atoms with Gasteiger partial charge in [-0.15, -0.1) is 0 Å². The van der Waals surface area contributed by atoms with Gasteiger partial charge in [-0.05, 0) is 84.8 Å². The molecular weight excluding hydrogens is 624 g/mol. The second kappa shape index (κ2) is 16.5. The van der Waals surface area contributed by atoms with Crippen molar-refractivity contribution in [2.75, 3.05) is 71.4 Å². The van der Waals surface area contributed by atoms with Crippen molar-refractivity contribution in [3.05, 3.63) is 69.9 Å². The van der Waals surface area contributed by atoms with Gasteiger partial charge in [0.05, 0.1) is 40.2 Å². The van der Waals surface area contributed by atoms with Crippen LogP contribution >= 0.6 is 0 Å². The maximum absolute atomic E-state index is 13.5. The summed E-state index contributed by atoms with van der Waals surface area (Å²) in [4.78, 5) is 42.9. The SMILES string of the molecule is COc1ccc(N2CCN(C(=O)CCCCCNc3ccc4c(cc3=O)C(NC(C)=O)CCc3cc(OC)c(OC)c(OC)c3-4)CC2)cc1. The predicted octanol–water partition coefficient (Wildman–Crippen LogP) is 5.19. The molecule has 49 heavy (non-hydrogen) atoms. The average molecular weight is 673 g/mol. The van der Waals surface area contributed by atoms with Crippen molar-refractivity contribution in [3.63, 3.8) is 0 Å². The van der Waals surface area contributed by atoms with Gasteiger partial charge in [-0.3, -0.25) is 14.4 Å². The summed E-state index contributed by atoms with van der Waals surface area (Å²) in [5.74, 6) is 2.40. The zero-order chi connectivity index (χ0) is 34.9. The molecule has 0 radical (unpaired) electrons. The van der Waals surface area contributed by atoms with E-state index in [4.69, 9.17) is 18.9 Å². The standard InChI is InChI=1S/C38H48N4O7/c1-25(43)40-31-16-10-26-23-34(47-3)37(48-4)38(49-5)36(26)29-15-17-32(33(44)24-30(29)31)39-18-8-6-7-9-35(45)42-21-19-41(20-22-42)27-11-13-28(46-2)14-12-27/h11-15,17,23-24,31H,6-10,16,18-22H2,1-5H3,(H,39,44)(H,40,43). The number of benzene rings is 2. The first-order chi connectivity index (χ1) is 23.8. The summed E-state index contributed by atoms with van der Waals surface area (Å²) >= 11 is 0. The Morgan fingerprint density at radius 3 is 2.22 bits per heavy atom. The highest BCUT2D eigenvalue weighted by Gasteiger charge is 2.29. The predicted molar refractivity (Wildman–Crippen MR) is 191 cm³/mol. The molecule has 0 spiro atoms. The lowest BCUT2D eigenvalue weighted by Gasteiger charge is -2.36. The number of methoxy groups -OCH3 is 4. The summed E-state index contributed by atoms with van der Waals surface area (Å²) in [5, 5.41) is 6.36. The topological polar surface area (TPSA) is 119 Å². The number of anilines is 2. The van der Waals surface area contributed by atoms with Crippen molar-refractivity contribution < 1.29 is 28.5 Å². The normalized spacial score (nSPS) is 15.3. The summed E-state index contributed by atoms with van der Waals surface area (Å²) in [5.41, 5.74) is 4.76. The molecule has 0 aromatic heterocycles. The summed E-state index contributed by atoms with van der Waals surface area (Å²) in [6.07, 6.45) is 4.23. The van der Waals surface area contributed by atoms with E-state index in [0.717, 1.165) is 66.0 Å². The van der Waals surface area contributed by atoms with Crippen LogP contribution in [0.5, 0.6) is 23.0 Å². The van der Waals surface area contributed by atoms with Gasteiger partial charge in [-0.2, -0.15) is 0 Å². The van der Waals surface area contributed by atoms with E-state index in [1.165, 1.54) is 6.92 Å². The number of carbonyl (C=O) groups is 2. The van der Waals surface area contributed by atoms with Gasteiger partial charge in [0, 0.05) is 57.3 Å². The quantitative estimate of drug-likeness (QED) is 0.237. The first-order valence-electron chi connectivity index (χ1n) is 17.0. The van der Waals surface area contributed by atoms with Crippen molar-refractivity contribution in [1.29, 1.82) is 0 Å². The lowest BCUT2D eigenvalue weighted by Crippen LogP contribution is -2.48. The van der Waals surface area contributed by atoms with Crippen LogP contribution in [0.2, 0.25) is 0 Å². The molecule has 1 heterocycles. The highest BCUT2D eigenvalue weighted by atomic mass is 16.5. The molecule has 11 nitrogen and oxygen atoms in total. The third-order valence-corrected chi connectivity index (χ3v) is 9.37. The van der Waals surface area contributed by atoms with Crippen LogP contribution in [0, 0.1) is 0 Å². The Morgan fingerprint density at radius 2 is 1.57 bits per heavy atom. The summed E-state index contributed by atoms with van der Waals surface area (Å²) in [6.45, 7) is 5.13. The molecule has 0 saturated carbocycles. The fraction of sp³-hybridized carbons (Fsp3) is 0.447. The van der Waals surface area contributed by atoms with Gasteiger partial charge in [0.15, 0.2) is 11.5 Å². The van der Waals surface area contributed by atoms with E-state index in [9.17, 15) is 14.4 Å². The molecule has 3 aromatic carbocycles. The number of fused-ring (bicyclic) bond motifs is 3. The number of ether oxygens (including phenoxy) is 4. The number of hydrogen-bond donors (Lipinski definition) is 2. The minimum atomic E-state index is -0.363. The van der Waals surface area contributed by atoms with E-state index in [2.05, 4.69) is 27.7 Å². The summed E-state index contributed by atoms with van der Waals surface area (Å²) < 4.78 is 22.4. The summed E-state index contributed by atoms with van der Waals surface area (Å²) in [6, 6.07) is 14.9. The largest absolute Gasteiger partial charge is 0.497 e. The van der Waals surface area contributed by atoms with Crippen LogP contribution in [0.15, 0.2) is 53.3 Å². The van der Waals surface area contributed by atoms with Gasteiger partial charge < -0.3 is 39.4 Å². The number of aryl methyl sites for hydroxylation is 1. The van der Waals surface area contributed by atoms with Crippen molar-refractivity contribution in [3.8, 4) is 34.1 Å². The van der Waals surface area contributed by atoms with Crippen LogP contribution in [-0.2, 0) is 16.0 Å². The fourth-order valence-corrected chi connectivity index (χ4v) is 6.82. The van der Waals surface area contributed by atoms with Gasteiger partial charge in [0.2, 0.25) is 23.0 Å². The lowest BCUT2D eigenvalue weighted by molar-refractivity contribution is -0.131. The molecule has 2 N–H and O–H groups in total. The number of hydrogen-bond acceptors (Lipinski definition) is 9. The second-order valence-electron chi connectivity index (χ2n) is 12.4. The van der Waals surface area contributed by atoms with Crippen molar-refractivity contribution in [2.45, 2.75) is 51.5 Å². The molecule has 1 aliphatic carbocycles. The van der Waals surface area contributed by atoms with E-state index in [1.807, 2.05) is 29.2 Å². The van der Waals surface area contributed by atoms with Gasteiger partial charge in [0.1, 0.15) is 5.75 Å². The van der Waals surface area contributed by atoms with E-state index in [1.54, 1.807) is 40.6 Å². The monoisotopic (exact) mass is 672 g/mol. The van der Waals surface area contributed by atoms with Crippen LogP contribution in [0.1, 0.15) is 56.2 Å². The number of rotatable bonds is 13. The Balaban J connectivity index is 1.20. The van der Waals surface area contributed by atoms with Crippen molar-refractivity contribution in [1.82, 2.24) is 10.2 Å². The smallest absolute Gasteiger partial charge is 0.222 e. The summed E-state index contributed by atoms with van der Waals surface area (Å²) in [7, 11) is 6.39. The van der Waals surface area contributed by atoms with Crippen LogP contribution in [0.3, 0.4) is 0 Å². The van der Waals surface area contributed by atoms with Gasteiger partial charge in [0.25, 0.3) is 0 Å². The minimum absolute atomic E-state index is 0.163. The van der Waals surface area contributed by atoms with Gasteiger partial charge >= 0.3 is 0 Å². The number of unbranched alkanes of at least 4 members (excludes halogenated alkanes) is 2. The number of amides is 2. The third kappa shape index (κ3) is 8.21. The molecule has 262 valence electrons. The van der Waals surface area contributed by atoms with E-state index in [-0.39, 0.29) is 23.3 Å². The lowest BCUT2D eigenvalue weighted by atomic mass is 9.95. The molecule has 3 aromatic rings. The minimum Gasteiger partial charge on any atom is -0.497 e. The zero-order valence-corrected chi connectivity index (χ0v) is 29.2. The molecule has 2 aliphatic rings. The molecule has 2 amide bonds. The Kier molecular flexibility index (Phi) is 11.9. The highest BCUT2D eigenvalue weighted by molar-refractivity contribution is 5.84. The fourth-order valence-electron chi connectivity index (χ4n) is 6.82. The van der Waals surface area contributed by atoms with Crippen molar-refractivity contribution in [2.24, 2.45) is 0 Å². The molecule has 0 bridgehead atoms. The third-order valence-electron chi connectivity index (χ3n) is 9.37. The molecule has 1 atom stereocenters. The van der Waals surface area contributed by atoms with Gasteiger partial charge in [-0.1, -0.05) is 12.5 Å². The second-order valence-corrected chi connectivity index (χ2v) is 12.4. The van der Waals surface area contributed by atoms with E-state index >= 15 is 0 Å². The van der Waals surface area contributed by atoms with Crippen molar-refractivity contribution >= 4 is 23.2 Å². The Hall–Kier alpha value is -4.93. The molecular formula is C38H48N4O7. The number of nitrogens with one attached hydrogen (secondary N) is 2. The van der Waals surface area contributed by atoms with E-state index < -0.39 is 0 Å². The van der Waals surface area contributed by atoms with Gasteiger partial charge in [-0.25, -0.2) is 0 Å². The average Bonchev–Trinajstić information content (AvgIpc) is 3.36.